The van der Waals surface area contributed by atoms with E-state index in [0.29, 0.717) is 12.2 Å². The number of aliphatic hydroxyl groups excluding tert-OH is 1. The number of hydrogen-bond acceptors (Lipinski definition) is 4. The average molecular weight is 192 g/mol. The van der Waals surface area contributed by atoms with Crippen LogP contribution in [0, 0.1) is 0 Å². The fourth-order valence-corrected chi connectivity index (χ4v) is 0.143. The summed E-state index contributed by atoms with van der Waals surface area (Å²) in [6.45, 7) is -0.778. The first kappa shape index (κ1) is 13.7. The number of hydrogen-bond donors (Lipinski definition) is 4. The Morgan fingerprint density at radius 1 is 0.923 bits per heavy atom. The van der Waals surface area contributed by atoms with Crippen LogP contribution in [0.2, 0.25) is 0 Å². The molecule has 7 nitrogen and oxygen atoms in total. The van der Waals surface area contributed by atoms with Gasteiger partial charge in [-0.15, -0.1) is 0 Å². The van der Waals surface area contributed by atoms with Crippen molar-refractivity contribution < 1.29 is 34.8 Å². The molecule has 0 unspecified atom stereocenters. The summed E-state index contributed by atoms with van der Waals surface area (Å²) in [6.07, 6.45) is 1.12. The van der Waals surface area contributed by atoms with E-state index >= 15 is 0 Å². The molecule has 0 fully saturated rings. The lowest BCUT2D eigenvalue weighted by Crippen LogP contribution is -1.98. The Balaban J connectivity index is 0. The maximum atomic E-state index is 9.55. The fraction of sp³-hybridized carbons (Fsp3) is 0.167. The summed E-state index contributed by atoms with van der Waals surface area (Å²) >= 11 is 0. The Bertz CT molecular complexity index is 201. The molecule has 13 heavy (non-hydrogen) atoms. The van der Waals surface area contributed by atoms with Gasteiger partial charge >= 0.3 is 17.9 Å². The van der Waals surface area contributed by atoms with Gasteiger partial charge in [0.2, 0.25) is 0 Å². The summed E-state index contributed by atoms with van der Waals surface area (Å²) in [5, 5.41) is 30.6. The lowest BCUT2D eigenvalue weighted by Gasteiger charge is -1.74. The van der Waals surface area contributed by atoms with Crippen LogP contribution >= 0.6 is 0 Å². The molecule has 0 atom stereocenters. The molecule has 0 saturated carbocycles. The lowest BCUT2D eigenvalue weighted by atomic mass is 10.5. The number of carbonyl (C=O) groups is 3. The minimum absolute atomic E-state index is 0.558. The molecule has 0 aliphatic heterocycles. The van der Waals surface area contributed by atoms with Crippen molar-refractivity contribution >= 4 is 17.9 Å². The maximum Gasteiger partial charge on any atom is 0.329 e. The van der Waals surface area contributed by atoms with Gasteiger partial charge in [0.15, 0.2) is 0 Å². The molecule has 0 aromatic rings. The van der Waals surface area contributed by atoms with Gasteiger partial charge in [0.05, 0.1) is 0 Å². The topological polar surface area (TPSA) is 132 Å². The average Bonchev–Trinajstić information content (AvgIpc) is 2.02. The van der Waals surface area contributed by atoms with Gasteiger partial charge in [-0.05, 0) is 0 Å². The van der Waals surface area contributed by atoms with Gasteiger partial charge in [-0.1, -0.05) is 0 Å². The van der Waals surface area contributed by atoms with Crippen LogP contribution in [0.25, 0.3) is 0 Å². The third-order valence-electron chi connectivity index (χ3n) is 0.504. The highest BCUT2D eigenvalue weighted by atomic mass is 16.4. The Hall–Kier alpha value is -1.89. The zero-order valence-corrected chi connectivity index (χ0v) is 6.38. The highest BCUT2D eigenvalue weighted by Crippen LogP contribution is 1.70. The summed E-state index contributed by atoms with van der Waals surface area (Å²) in [6, 6.07) is 0. The summed E-state index contributed by atoms with van der Waals surface area (Å²) in [4.78, 5) is 28.2. The molecule has 0 aliphatic rings. The highest BCUT2D eigenvalue weighted by molar-refractivity contribution is 5.89. The van der Waals surface area contributed by atoms with Crippen molar-refractivity contribution in [1.82, 2.24) is 0 Å². The SMILES string of the molecule is O=C(O)/C=C/C(=O)O.O=C(O)CO. The highest BCUT2D eigenvalue weighted by Gasteiger charge is 1.88. The van der Waals surface area contributed by atoms with Crippen molar-refractivity contribution in [3.8, 4) is 0 Å². The van der Waals surface area contributed by atoms with Gasteiger partial charge in [0.25, 0.3) is 0 Å². The van der Waals surface area contributed by atoms with E-state index in [1.54, 1.807) is 0 Å². The first-order chi connectivity index (χ1) is 5.90. The molecule has 0 amide bonds. The van der Waals surface area contributed by atoms with E-state index in [2.05, 4.69) is 0 Å². The normalized spacial score (nSPS) is 8.69. The standard InChI is InChI=1S/C4H4O4.C2H4O3/c5-3(6)1-2-4(7)8;3-1-2(4)5/h1-2H,(H,5,6)(H,7,8);3H,1H2,(H,4,5)/b2-1+;. The fourth-order valence-electron chi connectivity index (χ4n) is 0.143. The van der Waals surface area contributed by atoms with E-state index in [9.17, 15) is 9.59 Å². The number of rotatable bonds is 3. The summed E-state index contributed by atoms with van der Waals surface area (Å²) in [5.41, 5.74) is 0. The van der Waals surface area contributed by atoms with E-state index in [-0.39, 0.29) is 0 Å². The van der Waals surface area contributed by atoms with Gasteiger partial charge in [-0.25, -0.2) is 14.4 Å². The van der Waals surface area contributed by atoms with Crippen LogP contribution in [-0.4, -0.2) is 44.9 Å². The van der Waals surface area contributed by atoms with Gasteiger partial charge in [0.1, 0.15) is 6.61 Å². The van der Waals surface area contributed by atoms with E-state index in [1.807, 2.05) is 0 Å². The van der Waals surface area contributed by atoms with Gasteiger partial charge in [-0.2, -0.15) is 0 Å². The number of aliphatic hydroxyl groups is 1. The van der Waals surface area contributed by atoms with E-state index in [1.165, 1.54) is 0 Å². The van der Waals surface area contributed by atoms with Crippen molar-refractivity contribution in [2.45, 2.75) is 0 Å². The summed E-state index contributed by atoms with van der Waals surface area (Å²) in [7, 11) is 0. The minimum Gasteiger partial charge on any atom is -0.480 e. The largest absolute Gasteiger partial charge is 0.480 e. The quantitative estimate of drug-likeness (QED) is 0.411. The van der Waals surface area contributed by atoms with Gasteiger partial charge in [0, 0.05) is 12.2 Å². The number of carboxylic acid groups (broad SMARTS) is 3. The van der Waals surface area contributed by atoms with Gasteiger partial charge < -0.3 is 20.4 Å². The van der Waals surface area contributed by atoms with Gasteiger partial charge in [-0.3, -0.25) is 0 Å². The molecule has 0 spiro atoms. The Morgan fingerprint density at radius 2 is 1.15 bits per heavy atom. The van der Waals surface area contributed by atoms with Crippen molar-refractivity contribution in [1.29, 1.82) is 0 Å². The third-order valence-corrected chi connectivity index (χ3v) is 0.504. The molecule has 0 radical (unpaired) electrons. The predicted octanol–water partition coefficient (Wildman–Crippen LogP) is -1.22. The van der Waals surface area contributed by atoms with Crippen LogP contribution in [0.3, 0.4) is 0 Å². The Kier molecular flexibility index (Phi) is 8.64. The van der Waals surface area contributed by atoms with Crippen LogP contribution in [0.15, 0.2) is 12.2 Å². The van der Waals surface area contributed by atoms with E-state index in [4.69, 9.17) is 25.2 Å². The first-order valence-corrected chi connectivity index (χ1v) is 2.86. The number of aliphatic carboxylic acids is 3. The van der Waals surface area contributed by atoms with Crippen LogP contribution in [-0.2, 0) is 14.4 Å². The predicted molar refractivity (Wildman–Crippen MR) is 39.1 cm³/mol. The first-order valence-electron chi connectivity index (χ1n) is 2.86. The van der Waals surface area contributed by atoms with Crippen LogP contribution in [0.4, 0.5) is 0 Å². The smallest absolute Gasteiger partial charge is 0.329 e. The number of carboxylic acids is 3. The lowest BCUT2D eigenvalue weighted by molar-refractivity contribution is -0.140. The summed E-state index contributed by atoms with van der Waals surface area (Å²) in [5.74, 6) is -3.70. The Morgan fingerprint density at radius 3 is 1.23 bits per heavy atom. The summed E-state index contributed by atoms with van der Waals surface area (Å²) < 4.78 is 0. The zero-order chi connectivity index (χ0) is 10.9. The molecule has 0 saturated heterocycles. The molecule has 0 rings (SSSR count). The van der Waals surface area contributed by atoms with E-state index < -0.39 is 24.5 Å². The van der Waals surface area contributed by atoms with Crippen molar-refractivity contribution in [2.24, 2.45) is 0 Å². The second-order valence-electron chi connectivity index (χ2n) is 1.56. The monoisotopic (exact) mass is 192 g/mol. The molecule has 0 aromatic heterocycles. The van der Waals surface area contributed by atoms with Crippen LogP contribution in [0.5, 0.6) is 0 Å². The zero-order valence-electron chi connectivity index (χ0n) is 6.38. The molecule has 0 aliphatic carbocycles. The minimum atomic E-state index is -1.26. The molecule has 0 heterocycles. The molecule has 4 N–H and O–H groups in total. The second-order valence-corrected chi connectivity index (χ2v) is 1.56. The van der Waals surface area contributed by atoms with Crippen molar-refractivity contribution in [3.63, 3.8) is 0 Å². The molecule has 74 valence electrons. The molecular formula is C6H8O7. The van der Waals surface area contributed by atoms with E-state index in [0.717, 1.165) is 0 Å². The Labute approximate surface area is 72.5 Å². The molecular weight excluding hydrogens is 184 g/mol. The molecule has 0 aromatic carbocycles. The molecule has 0 bridgehead atoms. The second kappa shape index (κ2) is 8.21. The molecule has 7 heteroatoms. The third kappa shape index (κ3) is 25.5. The van der Waals surface area contributed by atoms with Crippen molar-refractivity contribution in [2.75, 3.05) is 6.61 Å². The maximum absolute atomic E-state index is 9.55. The van der Waals surface area contributed by atoms with Crippen LogP contribution < -0.4 is 0 Å². The van der Waals surface area contributed by atoms with Crippen LogP contribution in [0.1, 0.15) is 0 Å². The van der Waals surface area contributed by atoms with Crippen molar-refractivity contribution in [3.05, 3.63) is 12.2 Å².